The first-order valence-electron chi connectivity index (χ1n) is 11.6. The summed E-state index contributed by atoms with van der Waals surface area (Å²) in [6, 6.07) is 7.02. The van der Waals surface area contributed by atoms with E-state index in [-0.39, 0.29) is 24.3 Å². The number of hydrogen-bond donors (Lipinski definition) is 1. The van der Waals surface area contributed by atoms with Crippen molar-refractivity contribution >= 4 is 17.5 Å². The molecule has 35 heavy (non-hydrogen) atoms. The smallest absolute Gasteiger partial charge is 0.372 e. The number of nitriles is 1. The van der Waals surface area contributed by atoms with Crippen molar-refractivity contribution in [1.82, 2.24) is 14.7 Å². The molecule has 186 valence electrons. The molecule has 2 aliphatic rings. The number of amides is 2. The number of aromatic nitrogens is 2. The molecule has 0 bridgehead atoms. The van der Waals surface area contributed by atoms with Crippen LogP contribution in [0.25, 0.3) is 0 Å². The molecule has 2 N–H and O–H groups in total. The first kappa shape index (κ1) is 24.6. The minimum atomic E-state index is -4.61. The summed E-state index contributed by atoms with van der Waals surface area (Å²) in [5.74, 6) is -1.17. The number of nitrogens with zero attached hydrogens (tertiary/aromatic N) is 5. The number of alkyl halides is 3. The molecule has 1 aromatic heterocycles. The van der Waals surface area contributed by atoms with Crippen LogP contribution in [-0.4, -0.2) is 52.7 Å². The summed E-state index contributed by atoms with van der Waals surface area (Å²) in [6.07, 6.45) is -1.57. The lowest BCUT2D eigenvalue weighted by atomic mass is 9.78. The summed E-state index contributed by atoms with van der Waals surface area (Å²) >= 11 is 0. The molecule has 2 aromatic rings. The number of rotatable bonds is 5. The fraction of sp³-hybridized carbons (Fsp3) is 0.500. The Labute approximate surface area is 201 Å². The molecule has 4 rings (SSSR count). The lowest BCUT2D eigenvalue weighted by Crippen LogP contribution is -2.40. The van der Waals surface area contributed by atoms with E-state index in [1.807, 2.05) is 11.8 Å². The third-order valence-corrected chi connectivity index (χ3v) is 7.14. The van der Waals surface area contributed by atoms with Gasteiger partial charge in [0.05, 0.1) is 23.1 Å². The quantitative estimate of drug-likeness (QED) is 0.696. The molecule has 2 fully saturated rings. The molecule has 2 atom stereocenters. The average Bonchev–Trinajstić information content (AvgIpc) is 3.51. The maximum absolute atomic E-state index is 13.4. The van der Waals surface area contributed by atoms with Gasteiger partial charge in [0.25, 0.3) is 5.91 Å². The molecule has 2 saturated heterocycles. The number of benzene rings is 1. The highest BCUT2D eigenvalue weighted by molar-refractivity contribution is 5.93. The molecule has 0 aliphatic carbocycles. The highest BCUT2D eigenvalue weighted by Crippen LogP contribution is 2.39. The molecule has 0 saturated carbocycles. The number of piperidine rings is 1. The zero-order valence-electron chi connectivity index (χ0n) is 19.3. The first-order valence-corrected chi connectivity index (χ1v) is 11.6. The van der Waals surface area contributed by atoms with E-state index in [2.05, 4.69) is 5.10 Å². The summed E-state index contributed by atoms with van der Waals surface area (Å²) < 4.78 is 41.7. The van der Waals surface area contributed by atoms with E-state index >= 15 is 0 Å². The van der Waals surface area contributed by atoms with Gasteiger partial charge in [0.15, 0.2) is 0 Å². The zero-order chi connectivity index (χ0) is 25.3. The van der Waals surface area contributed by atoms with Gasteiger partial charge in [-0.2, -0.15) is 23.5 Å². The number of anilines is 1. The Morgan fingerprint density at radius 2 is 1.91 bits per heavy atom. The maximum Gasteiger partial charge on any atom is 0.417 e. The molecule has 1 aromatic carbocycles. The molecule has 8 nitrogen and oxygen atoms in total. The summed E-state index contributed by atoms with van der Waals surface area (Å²) in [5.41, 5.74) is 5.08. The minimum absolute atomic E-state index is 0.107. The molecule has 0 unspecified atom stereocenters. The van der Waals surface area contributed by atoms with E-state index in [1.165, 1.54) is 12.1 Å². The van der Waals surface area contributed by atoms with Gasteiger partial charge < -0.3 is 15.5 Å². The standard InChI is InChI=1S/C24H27F3N6O2/c1-2-33-10-7-21(30-33)23(35)32-13-18(19(14-32)22(29)34)15-5-8-31(9-6-15)17-4-3-16(12-28)20(11-17)24(25,26)27/h3-4,7,10-11,15,18-19H,2,5-6,8-9,13-14H2,1H3,(H2,29,34)/t18-,19+/m0/s1. The Morgan fingerprint density at radius 3 is 2.49 bits per heavy atom. The van der Waals surface area contributed by atoms with Gasteiger partial charge in [0, 0.05) is 44.6 Å². The van der Waals surface area contributed by atoms with Crippen molar-refractivity contribution in [2.75, 3.05) is 31.1 Å². The van der Waals surface area contributed by atoms with Crippen LogP contribution in [-0.2, 0) is 17.5 Å². The summed E-state index contributed by atoms with van der Waals surface area (Å²) in [7, 11) is 0. The molecule has 11 heteroatoms. The largest absolute Gasteiger partial charge is 0.417 e. The second-order valence-electron chi connectivity index (χ2n) is 9.10. The van der Waals surface area contributed by atoms with E-state index in [1.54, 1.807) is 27.9 Å². The number of halogens is 3. The van der Waals surface area contributed by atoms with Crippen LogP contribution >= 0.6 is 0 Å². The van der Waals surface area contributed by atoms with E-state index < -0.39 is 29.1 Å². The number of carbonyl (C=O) groups is 2. The van der Waals surface area contributed by atoms with Crippen molar-refractivity contribution in [3.63, 3.8) is 0 Å². The number of nitrogens with two attached hydrogens (primary N) is 1. The molecule has 0 spiro atoms. The van der Waals surface area contributed by atoms with Gasteiger partial charge in [-0.1, -0.05) is 0 Å². The third kappa shape index (κ3) is 4.97. The number of hydrogen-bond acceptors (Lipinski definition) is 5. The van der Waals surface area contributed by atoms with E-state index in [0.717, 1.165) is 6.07 Å². The Morgan fingerprint density at radius 1 is 1.20 bits per heavy atom. The topological polar surface area (TPSA) is 108 Å². The summed E-state index contributed by atoms with van der Waals surface area (Å²) in [5, 5.41) is 13.3. The van der Waals surface area contributed by atoms with Gasteiger partial charge in [0.1, 0.15) is 5.69 Å². The fourth-order valence-corrected chi connectivity index (χ4v) is 5.23. The number of primary amides is 1. The van der Waals surface area contributed by atoms with E-state index in [9.17, 15) is 22.8 Å². The van der Waals surface area contributed by atoms with Crippen LogP contribution < -0.4 is 10.6 Å². The van der Waals surface area contributed by atoms with Crippen molar-refractivity contribution in [3.8, 4) is 6.07 Å². The SMILES string of the molecule is CCn1ccc(C(=O)N2C[C@@H](C(N)=O)[C@H](C3CCN(c4ccc(C#N)c(C(F)(F)F)c4)CC3)C2)n1. The van der Waals surface area contributed by atoms with Crippen molar-refractivity contribution < 1.29 is 22.8 Å². The lowest BCUT2D eigenvalue weighted by Gasteiger charge is -2.37. The van der Waals surface area contributed by atoms with Gasteiger partial charge >= 0.3 is 6.18 Å². The van der Waals surface area contributed by atoms with Gasteiger partial charge in [-0.3, -0.25) is 14.3 Å². The van der Waals surface area contributed by atoms with Crippen LogP contribution in [0.15, 0.2) is 30.5 Å². The van der Waals surface area contributed by atoms with Crippen molar-refractivity contribution in [1.29, 1.82) is 5.26 Å². The Kier molecular flexibility index (Phi) is 6.74. The molecule has 2 aliphatic heterocycles. The average molecular weight is 489 g/mol. The van der Waals surface area contributed by atoms with Gasteiger partial charge in [-0.25, -0.2) is 0 Å². The highest BCUT2D eigenvalue weighted by atomic mass is 19.4. The van der Waals surface area contributed by atoms with Crippen molar-refractivity contribution in [3.05, 3.63) is 47.3 Å². The van der Waals surface area contributed by atoms with Gasteiger partial charge in [-0.15, -0.1) is 0 Å². The molecule has 2 amide bonds. The number of likely N-dealkylation sites (tertiary alicyclic amines) is 1. The molecule has 3 heterocycles. The van der Waals surface area contributed by atoms with Crippen LogP contribution in [0.4, 0.5) is 18.9 Å². The number of aryl methyl sites for hydroxylation is 1. The van der Waals surface area contributed by atoms with Crippen LogP contribution in [0.5, 0.6) is 0 Å². The predicted octanol–water partition coefficient (Wildman–Crippen LogP) is 2.88. The summed E-state index contributed by atoms with van der Waals surface area (Å²) in [6.45, 7) is 4.20. The highest BCUT2D eigenvalue weighted by Gasteiger charge is 2.44. The van der Waals surface area contributed by atoms with Gasteiger partial charge in [0.2, 0.25) is 5.91 Å². The summed E-state index contributed by atoms with van der Waals surface area (Å²) in [4.78, 5) is 28.7. The molecular weight excluding hydrogens is 461 g/mol. The minimum Gasteiger partial charge on any atom is -0.372 e. The van der Waals surface area contributed by atoms with Crippen molar-refractivity contribution in [2.45, 2.75) is 32.5 Å². The second kappa shape index (κ2) is 9.60. The Bertz CT molecular complexity index is 1150. The Balaban J connectivity index is 1.45. The fourth-order valence-electron chi connectivity index (χ4n) is 5.23. The zero-order valence-corrected chi connectivity index (χ0v) is 19.3. The van der Waals surface area contributed by atoms with Crippen molar-refractivity contribution in [2.24, 2.45) is 23.5 Å². The maximum atomic E-state index is 13.4. The normalized spacial score (nSPS) is 21.2. The van der Waals surface area contributed by atoms with Crippen LogP contribution in [0.2, 0.25) is 0 Å². The molecule has 0 radical (unpaired) electrons. The van der Waals surface area contributed by atoms with Crippen LogP contribution in [0.3, 0.4) is 0 Å². The monoisotopic (exact) mass is 488 g/mol. The van der Waals surface area contributed by atoms with Gasteiger partial charge in [-0.05, 0) is 55.9 Å². The second-order valence-corrected chi connectivity index (χ2v) is 9.10. The predicted molar refractivity (Wildman–Crippen MR) is 121 cm³/mol. The number of carbonyl (C=O) groups excluding carboxylic acids is 2. The lowest BCUT2D eigenvalue weighted by molar-refractivity contribution is -0.137. The molecular formula is C24H27F3N6O2. The van der Waals surface area contributed by atoms with E-state index in [0.29, 0.717) is 50.4 Å². The first-order chi connectivity index (χ1) is 16.6. The van der Waals surface area contributed by atoms with Crippen LogP contribution in [0, 0.1) is 29.1 Å². The van der Waals surface area contributed by atoms with E-state index in [4.69, 9.17) is 11.0 Å². The van der Waals surface area contributed by atoms with Crippen LogP contribution in [0.1, 0.15) is 41.4 Å². The third-order valence-electron chi connectivity index (χ3n) is 7.14. The Hall–Kier alpha value is -3.55.